The first-order chi connectivity index (χ1) is 11.7. The van der Waals surface area contributed by atoms with Gasteiger partial charge >= 0.3 is 0 Å². The fraction of sp³-hybridized carbons (Fsp3) is 0.650. The van der Waals surface area contributed by atoms with E-state index in [1.165, 1.54) is 18.4 Å². The molecule has 2 saturated carbocycles. The number of nitrogens with two attached hydrogens (primary N) is 1. The van der Waals surface area contributed by atoms with Gasteiger partial charge in [-0.25, -0.2) is 0 Å². The third kappa shape index (κ3) is 6.52. The summed E-state index contributed by atoms with van der Waals surface area (Å²) in [5.41, 5.74) is 7.08. The summed E-state index contributed by atoms with van der Waals surface area (Å²) in [4.78, 5) is 12.2. The van der Waals surface area contributed by atoms with E-state index in [9.17, 15) is 4.79 Å². The first kappa shape index (κ1) is 20.1. The molecule has 2 aliphatic rings. The van der Waals surface area contributed by atoms with Crippen molar-refractivity contribution in [3.63, 3.8) is 0 Å². The van der Waals surface area contributed by atoms with E-state index in [0.29, 0.717) is 24.6 Å². The summed E-state index contributed by atoms with van der Waals surface area (Å²) in [6, 6.07) is 8.85. The van der Waals surface area contributed by atoms with Gasteiger partial charge in [0.15, 0.2) is 0 Å². The van der Waals surface area contributed by atoms with Gasteiger partial charge in [0.1, 0.15) is 5.75 Å². The Morgan fingerprint density at radius 2 is 1.84 bits per heavy atom. The number of hydrogen-bond acceptors (Lipinski definition) is 3. The van der Waals surface area contributed by atoms with Crippen LogP contribution in [0.1, 0.15) is 63.4 Å². The Labute approximate surface area is 157 Å². The van der Waals surface area contributed by atoms with Gasteiger partial charge in [0.05, 0.1) is 6.10 Å². The minimum absolute atomic E-state index is 0. The van der Waals surface area contributed by atoms with Gasteiger partial charge < -0.3 is 15.8 Å². The zero-order chi connectivity index (χ0) is 16.8. The summed E-state index contributed by atoms with van der Waals surface area (Å²) < 4.78 is 6.04. The lowest BCUT2D eigenvalue weighted by atomic mass is 9.91. The van der Waals surface area contributed by atoms with E-state index in [4.69, 9.17) is 10.5 Å². The Bertz CT molecular complexity index is 538. The number of carbonyl (C=O) groups is 1. The smallest absolute Gasteiger partial charge is 0.220 e. The summed E-state index contributed by atoms with van der Waals surface area (Å²) >= 11 is 0. The molecule has 0 heterocycles. The largest absolute Gasteiger partial charge is 0.490 e. The second kappa shape index (κ2) is 10.0. The molecule has 4 nitrogen and oxygen atoms in total. The van der Waals surface area contributed by atoms with E-state index < -0.39 is 0 Å². The summed E-state index contributed by atoms with van der Waals surface area (Å²) in [5.74, 6) is 1.10. The van der Waals surface area contributed by atoms with E-state index in [1.54, 1.807) is 0 Å². The Morgan fingerprint density at radius 3 is 2.56 bits per heavy atom. The molecule has 0 bridgehead atoms. The molecule has 0 atom stereocenters. The number of carbonyl (C=O) groups excluding carboxylic acids is 1. The van der Waals surface area contributed by atoms with Gasteiger partial charge in [0.25, 0.3) is 0 Å². The molecule has 1 amide bonds. The monoisotopic (exact) mass is 366 g/mol. The van der Waals surface area contributed by atoms with Crippen LogP contribution in [0.15, 0.2) is 24.3 Å². The van der Waals surface area contributed by atoms with E-state index in [0.717, 1.165) is 50.7 Å². The molecule has 0 saturated heterocycles. The molecular formula is C20H31ClN2O2. The van der Waals surface area contributed by atoms with Gasteiger partial charge in [-0.1, -0.05) is 12.1 Å². The normalized spacial score (nSPS) is 23.7. The number of benzene rings is 1. The van der Waals surface area contributed by atoms with Crippen molar-refractivity contribution in [1.82, 2.24) is 5.32 Å². The Hall–Kier alpha value is -1.26. The minimum atomic E-state index is 0. The molecule has 2 fully saturated rings. The molecule has 25 heavy (non-hydrogen) atoms. The summed E-state index contributed by atoms with van der Waals surface area (Å²) in [6.07, 6.45) is 10.6. The fourth-order valence-corrected chi connectivity index (χ4v) is 3.79. The average molecular weight is 367 g/mol. The van der Waals surface area contributed by atoms with Crippen molar-refractivity contribution in [1.29, 1.82) is 0 Å². The third-order valence-corrected chi connectivity index (χ3v) is 5.28. The van der Waals surface area contributed by atoms with Gasteiger partial charge in [-0.2, -0.15) is 0 Å². The quantitative estimate of drug-likeness (QED) is 0.805. The van der Waals surface area contributed by atoms with Crippen molar-refractivity contribution < 1.29 is 9.53 Å². The number of hydrogen-bond donors (Lipinski definition) is 2. The van der Waals surface area contributed by atoms with E-state index in [2.05, 4.69) is 17.4 Å². The number of aryl methyl sites for hydroxylation is 1. The van der Waals surface area contributed by atoms with Gasteiger partial charge in [-0.3, -0.25) is 4.79 Å². The highest BCUT2D eigenvalue weighted by Crippen LogP contribution is 2.25. The SMILES string of the molecule is Cl.NC1CCC(NC(=O)CCc2cccc(OC3CCCC3)c2)CC1. The second-order valence-corrected chi connectivity index (χ2v) is 7.35. The molecule has 3 N–H and O–H groups in total. The topological polar surface area (TPSA) is 64.3 Å². The molecule has 0 aliphatic heterocycles. The third-order valence-electron chi connectivity index (χ3n) is 5.28. The maximum absolute atomic E-state index is 12.2. The summed E-state index contributed by atoms with van der Waals surface area (Å²) in [6.45, 7) is 0. The molecular weight excluding hydrogens is 336 g/mol. The summed E-state index contributed by atoms with van der Waals surface area (Å²) in [7, 11) is 0. The van der Waals surface area contributed by atoms with Crippen LogP contribution in [0.5, 0.6) is 5.75 Å². The van der Waals surface area contributed by atoms with E-state index in [1.807, 2.05) is 12.1 Å². The molecule has 3 rings (SSSR count). The molecule has 0 radical (unpaired) electrons. The fourth-order valence-electron chi connectivity index (χ4n) is 3.79. The zero-order valence-electron chi connectivity index (χ0n) is 14.9. The standard InChI is InChI=1S/C20H30N2O2.ClH/c21-16-9-11-17(12-10-16)22-20(23)13-8-15-4-3-7-19(14-15)24-18-5-1-2-6-18;/h3-4,7,14,16-18H,1-2,5-6,8-13,21H2,(H,22,23);1H. The molecule has 1 aromatic carbocycles. The Balaban J connectivity index is 0.00000225. The second-order valence-electron chi connectivity index (χ2n) is 7.35. The number of amides is 1. The van der Waals surface area contributed by atoms with Crippen LogP contribution in [0.3, 0.4) is 0 Å². The van der Waals surface area contributed by atoms with Gasteiger partial charge in [-0.05, 0) is 75.5 Å². The Morgan fingerprint density at radius 1 is 1.12 bits per heavy atom. The van der Waals surface area contributed by atoms with Crippen LogP contribution in [0, 0.1) is 0 Å². The van der Waals surface area contributed by atoms with Crippen molar-refractivity contribution in [2.45, 2.75) is 82.4 Å². The predicted molar refractivity (Wildman–Crippen MR) is 103 cm³/mol. The van der Waals surface area contributed by atoms with Crippen LogP contribution < -0.4 is 15.8 Å². The lowest BCUT2D eigenvalue weighted by molar-refractivity contribution is -0.122. The molecule has 5 heteroatoms. The highest BCUT2D eigenvalue weighted by Gasteiger charge is 2.20. The maximum atomic E-state index is 12.2. The van der Waals surface area contributed by atoms with Crippen LogP contribution in [-0.2, 0) is 11.2 Å². The van der Waals surface area contributed by atoms with Crippen molar-refractivity contribution in [3.05, 3.63) is 29.8 Å². The first-order valence-electron chi connectivity index (χ1n) is 9.49. The van der Waals surface area contributed by atoms with E-state index in [-0.39, 0.29) is 18.3 Å². The van der Waals surface area contributed by atoms with Crippen molar-refractivity contribution in [2.75, 3.05) is 0 Å². The van der Waals surface area contributed by atoms with Crippen molar-refractivity contribution >= 4 is 18.3 Å². The highest BCUT2D eigenvalue weighted by atomic mass is 35.5. The number of halogens is 1. The van der Waals surface area contributed by atoms with Crippen LogP contribution >= 0.6 is 12.4 Å². The Kier molecular flexibility index (Phi) is 8.04. The van der Waals surface area contributed by atoms with Crippen LogP contribution in [0.4, 0.5) is 0 Å². The minimum Gasteiger partial charge on any atom is -0.490 e. The molecule has 0 spiro atoms. The summed E-state index contributed by atoms with van der Waals surface area (Å²) in [5, 5.41) is 3.16. The first-order valence-corrected chi connectivity index (χ1v) is 9.49. The maximum Gasteiger partial charge on any atom is 0.220 e. The molecule has 0 unspecified atom stereocenters. The molecule has 140 valence electrons. The van der Waals surface area contributed by atoms with E-state index >= 15 is 0 Å². The average Bonchev–Trinajstić information content (AvgIpc) is 3.08. The number of ether oxygens (including phenoxy) is 1. The van der Waals surface area contributed by atoms with Crippen LogP contribution in [-0.4, -0.2) is 24.1 Å². The zero-order valence-corrected chi connectivity index (χ0v) is 15.7. The molecule has 2 aliphatic carbocycles. The number of rotatable bonds is 6. The predicted octanol–water partition coefficient (Wildman–Crippen LogP) is 3.75. The van der Waals surface area contributed by atoms with Crippen LogP contribution in [0.25, 0.3) is 0 Å². The lowest BCUT2D eigenvalue weighted by Crippen LogP contribution is -2.40. The van der Waals surface area contributed by atoms with Crippen molar-refractivity contribution in [2.24, 2.45) is 5.73 Å². The van der Waals surface area contributed by atoms with Crippen LogP contribution in [0.2, 0.25) is 0 Å². The lowest BCUT2D eigenvalue weighted by Gasteiger charge is -2.26. The highest BCUT2D eigenvalue weighted by molar-refractivity contribution is 5.85. The van der Waals surface area contributed by atoms with Gasteiger partial charge in [0, 0.05) is 18.5 Å². The van der Waals surface area contributed by atoms with Crippen molar-refractivity contribution in [3.8, 4) is 5.75 Å². The number of nitrogens with one attached hydrogen (secondary N) is 1. The van der Waals surface area contributed by atoms with Gasteiger partial charge in [-0.15, -0.1) is 12.4 Å². The van der Waals surface area contributed by atoms with Gasteiger partial charge in [0.2, 0.25) is 5.91 Å². The molecule has 0 aromatic heterocycles. The molecule has 1 aromatic rings.